The average molecular weight is 242 g/mol. The fourth-order valence-electron chi connectivity index (χ4n) is 1.99. The second-order valence-corrected chi connectivity index (χ2v) is 3.78. The fraction of sp³-hybridized carbons (Fsp3) is 0.455. The molecule has 2 rings (SSSR count). The number of piperidine rings is 1. The highest BCUT2D eigenvalue weighted by molar-refractivity contribution is 5.85. The number of halogens is 2. The minimum atomic E-state index is -0.739. The van der Waals surface area contributed by atoms with Crippen molar-refractivity contribution < 1.29 is 4.39 Å². The summed E-state index contributed by atoms with van der Waals surface area (Å²) in [4.78, 5) is 4.02. The van der Waals surface area contributed by atoms with E-state index in [1.165, 1.54) is 6.07 Å². The molecule has 0 spiro atoms. The molecule has 1 saturated heterocycles. The number of aromatic nitrogens is 1. The summed E-state index contributed by atoms with van der Waals surface area (Å²) in [5, 5.41) is 12.4. The van der Waals surface area contributed by atoms with Gasteiger partial charge >= 0.3 is 0 Å². The number of hydrogen-bond acceptors (Lipinski definition) is 3. The summed E-state index contributed by atoms with van der Waals surface area (Å²) in [5.41, 5.74) is -0.439. The highest BCUT2D eigenvalue weighted by Crippen LogP contribution is 2.32. The van der Waals surface area contributed by atoms with Crippen LogP contribution in [0.3, 0.4) is 0 Å². The molecular formula is C11H13ClFN3. The second-order valence-electron chi connectivity index (χ2n) is 3.78. The lowest BCUT2D eigenvalue weighted by Gasteiger charge is -2.30. The third-order valence-electron chi connectivity index (χ3n) is 2.88. The zero-order chi connectivity index (χ0) is 10.7. The summed E-state index contributed by atoms with van der Waals surface area (Å²) >= 11 is 0. The van der Waals surface area contributed by atoms with Gasteiger partial charge in [0.15, 0.2) is 0 Å². The van der Waals surface area contributed by atoms with Crippen molar-refractivity contribution in [3.63, 3.8) is 0 Å². The van der Waals surface area contributed by atoms with Crippen molar-refractivity contribution in [3.8, 4) is 6.07 Å². The standard InChI is InChI=1S/C11H12FN3.ClH/c12-9-2-1-5-15-10(9)11(8-13)3-6-14-7-4-11;/h1-2,5,14H,3-4,6-7H2;1H. The van der Waals surface area contributed by atoms with Gasteiger partial charge in [0, 0.05) is 6.20 Å². The monoisotopic (exact) mass is 241 g/mol. The van der Waals surface area contributed by atoms with Crippen molar-refractivity contribution in [1.29, 1.82) is 5.26 Å². The van der Waals surface area contributed by atoms with E-state index in [2.05, 4.69) is 16.4 Å². The van der Waals surface area contributed by atoms with E-state index in [-0.39, 0.29) is 18.2 Å². The minimum absolute atomic E-state index is 0. The molecule has 1 aromatic heterocycles. The summed E-state index contributed by atoms with van der Waals surface area (Å²) in [7, 11) is 0. The molecule has 0 unspecified atom stereocenters. The molecule has 0 bridgehead atoms. The maximum absolute atomic E-state index is 13.6. The lowest BCUT2D eigenvalue weighted by atomic mass is 9.77. The van der Waals surface area contributed by atoms with Crippen LogP contribution in [-0.4, -0.2) is 18.1 Å². The van der Waals surface area contributed by atoms with Crippen molar-refractivity contribution >= 4 is 12.4 Å². The molecule has 0 atom stereocenters. The molecule has 1 aromatic rings. The predicted octanol–water partition coefficient (Wildman–Crippen LogP) is 1.79. The van der Waals surface area contributed by atoms with E-state index in [0.29, 0.717) is 18.5 Å². The van der Waals surface area contributed by atoms with Crippen LogP contribution in [0.15, 0.2) is 18.3 Å². The first kappa shape index (κ1) is 12.9. The van der Waals surface area contributed by atoms with E-state index in [4.69, 9.17) is 0 Å². The van der Waals surface area contributed by atoms with E-state index in [0.717, 1.165) is 13.1 Å². The molecule has 16 heavy (non-hydrogen) atoms. The number of nitrogens with one attached hydrogen (secondary N) is 1. The zero-order valence-corrected chi connectivity index (χ0v) is 9.56. The van der Waals surface area contributed by atoms with Crippen LogP contribution in [0.1, 0.15) is 18.5 Å². The van der Waals surface area contributed by atoms with Crippen LogP contribution in [0.2, 0.25) is 0 Å². The number of nitriles is 1. The van der Waals surface area contributed by atoms with Gasteiger partial charge < -0.3 is 5.32 Å². The van der Waals surface area contributed by atoms with E-state index in [1.807, 2.05) is 0 Å². The van der Waals surface area contributed by atoms with Crippen LogP contribution in [0.5, 0.6) is 0 Å². The van der Waals surface area contributed by atoms with Crippen molar-refractivity contribution in [2.45, 2.75) is 18.3 Å². The first-order valence-electron chi connectivity index (χ1n) is 5.01. The van der Waals surface area contributed by atoms with Crippen molar-refractivity contribution in [3.05, 3.63) is 29.8 Å². The largest absolute Gasteiger partial charge is 0.317 e. The molecule has 2 heterocycles. The fourth-order valence-corrected chi connectivity index (χ4v) is 1.99. The van der Waals surface area contributed by atoms with Gasteiger partial charge in [-0.05, 0) is 38.1 Å². The molecule has 0 aromatic carbocycles. The molecule has 0 aliphatic carbocycles. The third-order valence-corrected chi connectivity index (χ3v) is 2.88. The van der Waals surface area contributed by atoms with Crippen molar-refractivity contribution in [2.75, 3.05) is 13.1 Å². The van der Waals surface area contributed by atoms with Crippen LogP contribution < -0.4 is 5.32 Å². The number of hydrogen-bond donors (Lipinski definition) is 1. The predicted molar refractivity (Wildman–Crippen MR) is 60.8 cm³/mol. The third kappa shape index (κ3) is 2.16. The molecule has 1 aliphatic heterocycles. The van der Waals surface area contributed by atoms with Gasteiger partial charge in [0.1, 0.15) is 11.2 Å². The molecular weight excluding hydrogens is 229 g/mol. The Morgan fingerprint density at radius 1 is 1.44 bits per heavy atom. The van der Waals surface area contributed by atoms with Crippen LogP contribution in [0, 0.1) is 17.1 Å². The molecule has 1 fully saturated rings. The van der Waals surface area contributed by atoms with Crippen LogP contribution in [-0.2, 0) is 5.41 Å². The highest BCUT2D eigenvalue weighted by Gasteiger charge is 2.37. The summed E-state index contributed by atoms with van der Waals surface area (Å²) in [6.07, 6.45) is 2.79. The Labute approximate surface area is 100 Å². The van der Waals surface area contributed by atoms with Crippen molar-refractivity contribution in [1.82, 2.24) is 10.3 Å². The van der Waals surface area contributed by atoms with Gasteiger partial charge in [0.25, 0.3) is 0 Å². The van der Waals surface area contributed by atoms with Crippen molar-refractivity contribution in [2.24, 2.45) is 0 Å². The lowest BCUT2D eigenvalue weighted by Crippen LogP contribution is -2.40. The Hall–Kier alpha value is -1.18. The molecule has 5 heteroatoms. The lowest BCUT2D eigenvalue weighted by molar-refractivity contribution is 0.361. The van der Waals surface area contributed by atoms with Gasteiger partial charge in [-0.15, -0.1) is 12.4 Å². The summed E-state index contributed by atoms with van der Waals surface area (Å²) in [6, 6.07) is 5.14. The van der Waals surface area contributed by atoms with Crippen LogP contribution in [0.4, 0.5) is 4.39 Å². The molecule has 86 valence electrons. The van der Waals surface area contributed by atoms with E-state index in [9.17, 15) is 9.65 Å². The maximum Gasteiger partial charge on any atom is 0.146 e. The minimum Gasteiger partial charge on any atom is -0.317 e. The molecule has 3 nitrogen and oxygen atoms in total. The van der Waals surface area contributed by atoms with E-state index >= 15 is 0 Å². The quantitative estimate of drug-likeness (QED) is 0.816. The van der Waals surface area contributed by atoms with Gasteiger partial charge in [-0.1, -0.05) is 0 Å². The Morgan fingerprint density at radius 2 is 2.12 bits per heavy atom. The average Bonchev–Trinajstić information content (AvgIpc) is 2.30. The Bertz CT molecular complexity index is 396. The number of nitrogens with zero attached hydrogens (tertiary/aromatic N) is 2. The summed E-state index contributed by atoms with van der Waals surface area (Å²) < 4.78 is 13.6. The molecule has 1 aliphatic rings. The second kappa shape index (κ2) is 5.24. The number of pyridine rings is 1. The van der Waals surface area contributed by atoms with Crippen LogP contribution in [0.25, 0.3) is 0 Å². The normalized spacial score (nSPS) is 18.2. The van der Waals surface area contributed by atoms with Gasteiger partial charge in [0.05, 0.1) is 11.8 Å². The Balaban J connectivity index is 0.00000128. The molecule has 0 saturated carbocycles. The van der Waals surface area contributed by atoms with Gasteiger partial charge in [0.2, 0.25) is 0 Å². The molecule has 0 amide bonds. The summed E-state index contributed by atoms with van der Waals surface area (Å²) in [6.45, 7) is 1.48. The maximum atomic E-state index is 13.6. The van der Waals surface area contributed by atoms with Gasteiger partial charge in [-0.25, -0.2) is 4.39 Å². The Kier molecular flexibility index (Phi) is 4.22. The Morgan fingerprint density at radius 3 is 2.69 bits per heavy atom. The van der Waals surface area contributed by atoms with Gasteiger partial charge in [-0.3, -0.25) is 4.98 Å². The SMILES string of the molecule is Cl.N#CC1(c2ncccc2F)CCNCC1. The van der Waals surface area contributed by atoms with E-state index < -0.39 is 5.41 Å². The van der Waals surface area contributed by atoms with Crippen LogP contribution >= 0.6 is 12.4 Å². The highest BCUT2D eigenvalue weighted by atomic mass is 35.5. The molecule has 0 radical (unpaired) electrons. The zero-order valence-electron chi connectivity index (χ0n) is 8.74. The number of rotatable bonds is 1. The van der Waals surface area contributed by atoms with Gasteiger partial charge in [-0.2, -0.15) is 5.26 Å². The topological polar surface area (TPSA) is 48.7 Å². The summed E-state index contributed by atoms with van der Waals surface area (Å²) in [5.74, 6) is -0.374. The first-order valence-corrected chi connectivity index (χ1v) is 5.01. The van der Waals surface area contributed by atoms with E-state index in [1.54, 1.807) is 12.3 Å². The smallest absolute Gasteiger partial charge is 0.146 e. The first-order chi connectivity index (χ1) is 7.28. The molecule has 1 N–H and O–H groups in total.